The van der Waals surface area contributed by atoms with E-state index in [1.807, 2.05) is 13.8 Å². The number of hydrogen-bond donors (Lipinski definition) is 1. The van der Waals surface area contributed by atoms with Crippen molar-refractivity contribution in [3.63, 3.8) is 0 Å². The molecule has 1 aromatic carbocycles. The molecule has 112 valence electrons. The fourth-order valence-electron chi connectivity index (χ4n) is 1.89. The molecule has 0 saturated carbocycles. The van der Waals surface area contributed by atoms with Crippen LogP contribution in [0.1, 0.15) is 42.6 Å². The Labute approximate surface area is 121 Å². The third-order valence-corrected chi connectivity index (χ3v) is 3.98. The Kier molecular flexibility index (Phi) is 5.45. The number of alkyl halides is 4. The molecule has 2 nitrogen and oxygen atoms in total. The molecule has 0 atom stereocenters. The number of hydrogen-bond acceptors (Lipinski definition) is 1. The molecule has 0 aromatic heterocycles. The maximum absolute atomic E-state index is 12.9. The minimum absolute atomic E-state index is 0.153. The summed E-state index contributed by atoms with van der Waals surface area (Å²) in [6, 6.07) is 4.73. The number of amides is 1. The SMILES string of the molecule is CCC(CC)(CCl)NC(=O)c1ccccc1C(F)(F)F. The van der Waals surface area contributed by atoms with Gasteiger partial charge in [-0.1, -0.05) is 26.0 Å². The molecule has 1 N–H and O–H groups in total. The lowest BCUT2D eigenvalue weighted by molar-refractivity contribution is -0.137. The normalized spacial score (nSPS) is 12.3. The highest BCUT2D eigenvalue weighted by molar-refractivity contribution is 6.19. The number of carbonyl (C=O) groups excluding carboxylic acids is 1. The first kappa shape index (κ1) is 16.8. The van der Waals surface area contributed by atoms with Gasteiger partial charge in [0.15, 0.2) is 0 Å². The van der Waals surface area contributed by atoms with Crippen LogP contribution in [0.3, 0.4) is 0 Å². The average Bonchev–Trinajstić information content (AvgIpc) is 2.44. The van der Waals surface area contributed by atoms with Crippen molar-refractivity contribution in [1.29, 1.82) is 0 Å². The van der Waals surface area contributed by atoms with Crippen molar-refractivity contribution in [2.75, 3.05) is 5.88 Å². The first-order chi connectivity index (χ1) is 9.29. The van der Waals surface area contributed by atoms with Crippen molar-refractivity contribution in [2.24, 2.45) is 0 Å². The Balaban J connectivity index is 3.11. The van der Waals surface area contributed by atoms with Crippen molar-refractivity contribution in [1.82, 2.24) is 5.32 Å². The van der Waals surface area contributed by atoms with Gasteiger partial charge in [-0.2, -0.15) is 13.2 Å². The van der Waals surface area contributed by atoms with Gasteiger partial charge in [-0.25, -0.2) is 0 Å². The van der Waals surface area contributed by atoms with Gasteiger partial charge in [0.05, 0.1) is 16.7 Å². The standard InChI is InChI=1S/C14H17ClF3NO/c1-3-13(4-2,9-15)19-12(20)10-7-5-6-8-11(10)14(16,17)18/h5-8H,3-4,9H2,1-2H3,(H,19,20). The molecule has 0 unspecified atom stereocenters. The van der Waals surface area contributed by atoms with E-state index in [0.29, 0.717) is 12.8 Å². The Morgan fingerprint density at radius 2 is 1.75 bits per heavy atom. The summed E-state index contributed by atoms with van der Waals surface area (Å²) in [6.07, 6.45) is -3.46. The topological polar surface area (TPSA) is 29.1 Å². The number of nitrogens with one attached hydrogen (secondary N) is 1. The van der Waals surface area contributed by atoms with Crippen LogP contribution in [0, 0.1) is 0 Å². The molecule has 0 aliphatic carbocycles. The van der Waals surface area contributed by atoms with Crippen LogP contribution in [0.4, 0.5) is 13.2 Å². The molecule has 0 fully saturated rings. The summed E-state index contributed by atoms with van der Waals surface area (Å²) >= 11 is 5.85. The molecule has 0 spiro atoms. The minimum Gasteiger partial charge on any atom is -0.345 e. The maximum atomic E-state index is 12.9. The number of halogens is 4. The zero-order chi connectivity index (χ0) is 15.4. The van der Waals surface area contributed by atoms with Crippen LogP contribution in [-0.4, -0.2) is 17.3 Å². The van der Waals surface area contributed by atoms with Crippen molar-refractivity contribution in [3.05, 3.63) is 35.4 Å². The van der Waals surface area contributed by atoms with Gasteiger partial charge in [0.1, 0.15) is 0 Å². The summed E-state index contributed by atoms with van der Waals surface area (Å²) in [7, 11) is 0. The van der Waals surface area contributed by atoms with Gasteiger partial charge in [-0.15, -0.1) is 11.6 Å². The van der Waals surface area contributed by atoms with Gasteiger partial charge < -0.3 is 5.32 Å². The summed E-state index contributed by atoms with van der Waals surface area (Å²) in [5.41, 5.74) is -2.00. The predicted molar refractivity (Wildman–Crippen MR) is 72.9 cm³/mol. The minimum atomic E-state index is -4.56. The second-order valence-corrected chi connectivity index (χ2v) is 4.89. The molecule has 1 amide bonds. The summed E-state index contributed by atoms with van der Waals surface area (Å²) in [6.45, 7) is 3.67. The Bertz CT molecular complexity index is 461. The van der Waals surface area contributed by atoms with Crippen LogP contribution >= 0.6 is 11.6 Å². The van der Waals surface area contributed by atoms with Crippen LogP contribution in [0.25, 0.3) is 0 Å². The summed E-state index contributed by atoms with van der Waals surface area (Å²) < 4.78 is 38.6. The van der Waals surface area contributed by atoms with E-state index in [1.54, 1.807) is 0 Å². The lowest BCUT2D eigenvalue weighted by Gasteiger charge is -2.31. The van der Waals surface area contributed by atoms with Crippen LogP contribution in [-0.2, 0) is 6.18 Å². The lowest BCUT2D eigenvalue weighted by atomic mass is 9.94. The van der Waals surface area contributed by atoms with Gasteiger partial charge in [-0.3, -0.25) is 4.79 Å². The highest BCUT2D eigenvalue weighted by Crippen LogP contribution is 2.32. The van der Waals surface area contributed by atoms with Crippen molar-refractivity contribution < 1.29 is 18.0 Å². The van der Waals surface area contributed by atoms with Crippen molar-refractivity contribution in [2.45, 2.75) is 38.4 Å². The average molecular weight is 308 g/mol. The molecule has 1 aromatic rings. The highest BCUT2D eigenvalue weighted by Gasteiger charge is 2.36. The summed E-state index contributed by atoms with van der Waals surface area (Å²) in [4.78, 5) is 12.1. The number of rotatable bonds is 5. The molecule has 0 saturated heterocycles. The van der Waals surface area contributed by atoms with E-state index in [4.69, 9.17) is 11.6 Å². The molecule has 1 rings (SSSR count). The monoisotopic (exact) mass is 307 g/mol. The predicted octanol–water partition coefficient (Wildman–Crippen LogP) is 4.23. The van der Waals surface area contributed by atoms with E-state index < -0.39 is 23.2 Å². The van der Waals surface area contributed by atoms with E-state index in [2.05, 4.69) is 5.32 Å². The zero-order valence-corrected chi connectivity index (χ0v) is 12.1. The van der Waals surface area contributed by atoms with Gasteiger partial charge >= 0.3 is 6.18 Å². The van der Waals surface area contributed by atoms with E-state index in [-0.39, 0.29) is 11.4 Å². The van der Waals surface area contributed by atoms with Gasteiger partial charge in [-0.05, 0) is 25.0 Å². The summed E-state index contributed by atoms with van der Waals surface area (Å²) in [5.74, 6) is -0.595. The fraction of sp³-hybridized carbons (Fsp3) is 0.500. The maximum Gasteiger partial charge on any atom is 0.417 e. The molecule has 6 heteroatoms. The molecular weight excluding hydrogens is 291 g/mol. The molecule has 0 heterocycles. The van der Waals surface area contributed by atoms with Gasteiger partial charge in [0, 0.05) is 5.88 Å². The molecule has 20 heavy (non-hydrogen) atoms. The van der Waals surface area contributed by atoms with Crippen molar-refractivity contribution in [3.8, 4) is 0 Å². The Morgan fingerprint density at radius 1 is 1.20 bits per heavy atom. The van der Waals surface area contributed by atoms with Crippen molar-refractivity contribution >= 4 is 17.5 Å². The molecule has 0 aliphatic rings. The van der Waals surface area contributed by atoms with Crippen LogP contribution < -0.4 is 5.32 Å². The summed E-state index contributed by atoms with van der Waals surface area (Å²) in [5, 5.41) is 2.64. The Hall–Kier alpha value is -1.23. The van der Waals surface area contributed by atoms with Crippen LogP contribution in [0.2, 0.25) is 0 Å². The number of benzene rings is 1. The first-order valence-electron chi connectivity index (χ1n) is 6.34. The van der Waals surface area contributed by atoms with Gasteiger partial charge in [0.2, 0.25) is 0 Å². The smallest absolute Gasteiger partial charge is 0.345 e. The van der Waals surface area contributed by atoms with Crippen LogP contribution in [0.5, 0.6) is 0 Å². The second-order valence-electron chi connectivity index (χ2n) is 4.62. The van der Waals surface area contributed by atoms with E-state index in [0.717, 1.165) is 6.07 Å². The zero-order valence-electron chi connectivity index (χ0n) is 11.4. The quantitative estimate of drug-likeness (QED) is 0.810. The molecule has 0 aliphatic heterocycles. The van der Waals surface area contributed by atoms with E-state index in [9.17, 15) is 18.0 Å². The second kappa shape index (κ2) is 6.48. The lowest BCUT2D eigenvalue weighted by Crippen LogP contribution is -2.49. The fourth-order valence-corrected chi connectivity index (χ4v) is 2.33. The molecule has 0 radical (unpaired) electrons. The van der Waals surface area contributed by atoms with E-state index >= 15 is 0 Å². The van der Waals surface area contributed by atoms with Crippen LogP contribution in [0.15, 0.2) is 24.3 Å². The van der Waals surface area contributed by atoms with E-state index in [1.165, 1.54) is 18.2 Å². The van der Waals surface area contributed by atoms with Gasteiger partial charge in [0.25, 0.3) is 5.91 Å². The third kappa shape index (κ3) is 3.66. The highest BCUT2D eigenvalue weighted by atomic mass is 35.5. The first-order valence-corrected chi connectivity index (χ1v) is 6.88. The largest absolute Gasteiger partial charge is 0.417 e. The third-order valence-electron chi connectivity index (χ3n) is 3.47. The molecular formula is C14H17ClF3NO. The molecule has 0 bridgehead atoms. The number of carbonyl (C=O) groups is 1. The Morgan fingerprint density at radius 3 is 2.20 bits per heavy atom.